The molecule has 0 unspecified atom stereocenters. The maximum Gasteiger partial charge on any atom is 0.339 e. The molecule has 2 amide bonds. The number of hydrogen-bond donors (Lipinski definition) is 2. The van der Waals surface area contributed by atoms with Crippen molar-refractivity contribution in [1.29, 1.82) is 0 Å². The van der Waals surface area contributed by atoms with Crippen LogP contribution < -0.4 is 23.7 Å². The van der Waals surface area contributed by atoms with Gasteiger partial charge in [-0.2, -0.15) is 16.8 Å². The zero-order valence-electron chi connectivity index (χ0n) is 21.5. The molecular weight excluding hydrogens is 556 g/mol. The first-order chi connectivity index (χ1) is 19.0. The van der Waals surface area contributed by atoms with E-state index in [-0.39, 0.29) is 33.5 Å². The van der Waals surface area contributed by atoms with Crippen LogP contribution in [0, 0.1) is 6.92 Å². The number of urea groups is 1. The van der Waals surface area contributed by atoms with Gasteiger partial charge in [-0.3, -0.25) is 0 Å². The van der Waals surface area contributed by atoms with Crippen LogP contribution in [0.3, 0.4) is 0 Å². The van der Waals surface area contributed by atoms with Crippen molar-refractivity contribution in [3.8, 4) is 17.2 Å². The summed E-state index contributed by atoms with van der Waals surface area (Å²) in [6.45, 7) is 1.84. The molecule has 12 heteroatoms. The molecule has 40 heavy (non-hydrogen) atoms. The van der Waals surface area contributed by atoms with E-state index >= 15 is 0 Å². The minimum atomic E-state index is -4.06. The van der Waals surface area contributed by atoms with E-state index in [1.807, 2.05) is 6.92 Å². The topological polar surface area (TPSA) is 137 Å². The molecule has 0 fully saturated rings. The SMILES string of the molecule is COc1ccc(CS(=O)(=O)Oc2cccc(NC(=O)Nc3cccc(OS(=O)(=O)c4ccc(C)cc4)c3)c2)cc1. The molecule has 10 nitrogen and oxygen atoms in total. The number of carbonyl (C=O) groups is 1. The third-order valence-corrected chi connectivity index (χ3v) is 7.82. The Morgan fingerprint density at radius 1 is 0.700 bits per heavy atom. The molecule has 0 saturated carbocycles. The summed E-state index contributed by atoms with van der Waals surface area (Å²) in [5, 5.41) is 5.16. The van der Waals surface area contributed by atoms with Gasteiger partial charge in [0.2, 0.25) is 0 Å². The largest absolute Gasteiger partial charge is 0.497 e. The molecule has 0 atom stereocenters. The van der Waals surface area contributed by atoms with E-state index in [1.165, 1.54) is 55.6 Å². The van der Waals surface area contributed by atoms with E-state index in [9.17, 15) is 21.6 Å². The molecule has 2 N–H and O–H groups in total. The summed E-state index contributed by atoms with van der Waals surface area (Å²) in [7, 11) is -6.52. The number of nitrogens with one attached hydrogen (secondary N) is 2. The van der Waals surface area contributed by atoms with Gasteiger partial charge in [-0.25, -0.2) is 4.79 Å². The van der Waals surface area contributed by atoms with Gasteiger partial charge in [0.25, 0.3) is 0 Å². The third-order valence-electron chi connectivity index (χ3n) is 5.43. The van der Waals surface area contributed by atoms with Crippen LogP contribution in [0.1, 0.15) is 11.1 Å². The highest BCUT2D eigenvalue weighted by molar-refractivity contribution is 7.87. The number of anilines is 2. The van der Waals surface area contributed by atoms with E-state index in [2.05, 4.69) is 10.6 Å². The van der Waals surface area contributed by atoms with Crippen LogP contribution >= 0.6 is 0 Å². The van der Waals surface area contributed by atoms with E-state index in [1.54, 1.807) is 48.5 Å². The number of ether oxygens (including phenoxy) is 1. The summed E-state index contributed by atoms with van der Waals surface area (Å²) >= 11 is 0. The molecule has 4 aromatic rings. The number of hydrogen-bond acceptors (Lipinski definition) is 8. The number of rotatable bonds is 10. The summed E-state index contributed by atoms with van der Waals surface area (Å²) in [4.78, 5) is 12.6. The van der Waals surface area contributed by atoms with Gasteiger partial charge < -0.3 is 23.7 Å². The lowest BCUT2D eigenvalue weighted by Gasteiger charge is -2.12. The lowest BCUT2D eigenvalue weighted by atomic mass is 10.2. The van der Waals surface area contributed by atoms with E-state index < -0.39 is 26.3 Å². The lowest BCUT2D eigenvalue weighted by molar-refractivity contribution is 0.262. The number of benzene rings is 4. The normalized spacial score (nSPS) is 11.3. The molecule has 0 aliphatic heterocycles. The van der Waals surface area contributed by atoms with Gasteiger partial charge in [-0.1, -0.05) is 42.0 Å². The smallest absolute Gasteiger partial charge is 0.339 e. The summed E-state index contributed by atoms with van der Waals surface area (Å²) in [5.41, 5.74) is 1.96. The van der Waals surface area contributed by atoms with Crippen molar-refractivity contribution in [3.05, 3.63) is 108 Å². The Bertz CT molecular complexity index is 1700. The minimum Gasteiger partial charge on any atom is -0.497 e. The predicted octanol–water partition coefficient (Wildman–Crippen LogP) is 5.32. The second kappa shape index (κ2) is 12.1. The molecule has 0 aliphatic carbocycles. The summed E-state index contributed by atoms with van der Waals surface area (Å²) in [6.07, 6.45) is 0. The molecule has 4 rings (SSSR count). The van der Waals surface area contributed by atoms with Crippen molar-refractivity contribution in [2.75, 3.05) is 17.7 Å². The van der Waals surface area contributed by atoms with E-state index in [4.69, 9.17) is 13.1 Å². The fourth-order valence-electron chi connectivity index (χ4n) is 3.53. The predicted molar refractivity (Wildman–Crippen MR) is 151 cm³/mol. The Morgan fingerprint density at radius 3 is 1.80 bits per heavy atom. The van der Waals surface area contributed by atoms with Crippen molar-refractivity contribution in [3.63, 3.8) is 0 Å². The van der Waals surface area contributed by atoms with Gasteiger partial charge >= 0.3 is 26.3 Å². The lowest BCUT2D eigenvalue weighted by Crippen LogP contribution is -2.19. The molecule has 0 heterocycles. The molecule has 0 aliphatic rings. The molecule has 208 valence electrons. The minimum absolute atomic E-state index is 0.00215. The second-order valence-electron chi connectivity index (χ2n) is 8.62. The van der Waals surface area contributed by atoms with Crippen LogP contribution in [0.4, 0.5) is 16.2 Å². The van der Waals surface area contributed by atoms with E-state index in [0.717, 1.165) is 5.56 Å². The molecular formula is C28H26N2O8S2. The molecule has 0 aromatic heterocycles. The Morgan fingerprint density at radius 2 is 1.25 bits per heavy atom. The maximum absolute atomic E-state index is 12.6. The monoisotopic (exact) mass is 582 g/mol. The van der Waals surface area contributed by atoms with Crippen LogP contribution in [0.25, 0.3) is 0 Å². The number of amides is 2. The summed E-state index contributed by atoms with van der Waals surface area (Å²) in [5.74, 6) is 0.275. The second-order valence-corrected chi connectivity index (χ2v) is 11.7. The standard InChI is InChI=1S/C28H26N2O8S2/c1-20-9-15-27(16-10-20)40(34,35)38-26-8-4-6-23(18-26)30-28(31)29-22-5-3-7-25(17-22)37-39(32,33)19-21-11-13-24(36-2)14-12-21/h3-18H,19H2,1-2H3,(H2,29,30,31). The van der Waals surface area contributed by atoms with E-state index in [0.29, 0.717) is 11.3 Å². The maximum atomic E-state index is 12.6. The van der Waals surface area contributed by atoms with Gasteiger partial charge in [0.05, 0.1) is 7.11 Å². The molecule has 0 bridgehead atoms. The van der Waals surface area contributed by atoms with Gasteiger partial charge in [0, 0.05) is 23.5 Å². The Balaban J connectivity index is 1.37. The number of aryl methyl sites for hydroxylation is 1. The highest BCUT2D eigenvalue weighted by Gasteiger charge is 2.17. The van der Waals surface area contributed by atoms with Crippen molar-refractivity contribution in [2.45, 2.75) is 17.6 Å². The van der Waals surface area contributed by atoms with Gasteiger partial charge in [0.15, 0.2) is 0 Å². The average molecular weight is 583 g/mol. The highest BCUT2D eigenvalue weighted by Crippen LogP contribution is 2.24. The zero-order chi connectivity index (χ0) is 28.8. The zero-order valence-corrected chi connectivity index (χ0v) is 23.2. The first-order valence-corrected chi connectivity index (χ1v) is 14.8. The first-order valence-electron chi connectivity index (χ1n) is 11.9. The van der Waals surface area contributed by atoms with Crippen molar-refractivity contribution < 1.29 is 34.7 Å². The summed E-state index contributed by atoms with van der Waals surface area (Å²) < 4.78 is 65.7. The molecule has 4 aromatic carbocycles. The molecule has 0 spiro atoms. The quantitative estimate of drug-likeness (QED) is 0.240. The van der Waals surface area contributed by atoms with Crippen LogP contribution in [-0.4, -0.2) is 30.0 Å². The van der Waals surface area contributed by atoms with Crippen LogP contribution in [-0.2, 0) is 26.0 Å². The Kier molecular flexibility index (Phi) is 8.61. The number of carbonyl (C=O) groups excluding carboxylic acids is 1. The van der Waals surface area contributed by atoms with Crippen molar-refractivity contribution in [1.82, 2.24) is 0 Å². The van der Waals surface area contributed by atoms with Crippen LogP contribution in [0.15, 0.2) is 102 Å². The Labute approximate surface area is 232 Å². The van der Waals surface area contributed by atoms with Gasteiger partial charge in [-0.05, 0) is 61.0 Å². The van der Waals surface area contributed by atoms with Crippen LogP contribution in [0.5, 0.6) is 17.2 Å². The Hall–Kier alpha value is -4.55. The van der Waals surface area contributed by atoms with Crippen LogP contribution in [0.2, 0.25) is 0 Å². The number of methoxy groups -OCH3 is 1. The van der Waals surface area contributed by atoms with Crippen molar-refractivity contribution in [2.24, 2.45) is 0 Å². The molecule has 0 saturated heterocycles. The average Bonchev–Trinajstić information content (AvgIpc) is 2.89. The van der Waals surface area contributed by atoms with Crippen molar-refractivity contribution >= 4 is 37.6 Å². The van der Waals surface area contributed by atoms with Gasteiger partial charge in [-0.15, -0.1) is 0 Å². The molecule has 0 radical (unpaired) electrons. The highest BCUT2D eigenvalue weighted by atomic mass is 32.2. The third kappa shape index (κ3) is 7.98. The summed E-state index contributed by atoms with van der Waals surface area (Å²) in [6, 6.07) is 23.9. The fourth-order valence-corrected chi connectivity index (χ4v) is 5.51. The fraction of sp³-hybridized carbons (Fsp3) is 0.107. The van der Waals surface area contributed by atoms with Gasteiger partial charge in [0.1, 0.15) is 27.9 Å². The first kappa shape index (κ1) is 28.5.